The number of hydrazone groups is 1. The zero-order valence-electron chi connectivity index (χ0n) is 20.3. The fraction of sp³-hybridized carbons (Fsp3) is 0.259. The third kappa shape index (κ3) is 3.73. The molecular weight excluding hydrogens is 464 g/mol. The minimum absolute atomic E-state index is 0.0364. The standard InChI is InChI=1S/C27H26N2O7/c1-32-15-9-10-16(23(13-15)34-3)19-14-20-17-7-5-6-8-21(17)36-26(29(20)28-19)18-11-12-22(33-2)25(35-4)24(18)27(30)31/h5-13,20,26H,14H2,1-4H3,(H,30,31)/t20-,26-/m0/s1. The first-order valence-corrected chi connectivity index (χ1v) is 11.3. The zero-order chi connectivity index (χ0) is 25.4. The highest BCUT2D eigenvalue weighted by molar-refractivity contribution is 6.04. The van der Waals surface area contributed by atoms with Crippen LogP contribution < -0.4 is 23.7 Å². The van der Waals surface area contributed by atoms with Crippen LogP contribution in [0.5, 0.6) is 28.7 Å². The van der Waals surface area contributed by atoms with Crippen LogP contribution in [0, 0.1) is 0 Å². The Morgan fingerprint density at radius 1 is 0.944 bits per heavy atom. The molecule has 2 aliphatic rings. The first-order chi connectivity index (χ1) is 17.5. The average Bonchev–Trinajstić information content (AvgIpc) is 3.36. The molecule has 2 atom stereocenters. The molecule has 36 heavy (non-hydrogen) atoms. The van der Waals surface area contributed by atoms with E-state index in [1.165, 1.54) is 14.2 Å². The van der Waals surface area contributed by atoms with Crippen LogP contribution >= 0.6 is 0 Å². The summed E-state index contributed by atoms with van der Waals surface area (Å²) < 4.78 is 28.1. The van der Waals surface area contributed by atoms with Gasteiger partial charge in [0, 0.05) is 29.2 Å². The van der Waals surface area contributed by atoms with Crippen molar-refractivity contribution in [1.29, 1.82) is 0 Å². The van der Waals surface area contributed by atoms with Crippen molar-refractivity contribution in [3.05, 3.63) is 76.9 Å². The van der Waals surface area contributed by atoms with E-state index in [1.54, 1.807) is 26.4 Å². The zero-order valence-corrected chi connectivity index (χ0v) is 20.3. The number of ether oxygens (including phenoxy) is 5. The molecular formula is C27H26N2O7. The van der Waals surface area contributed by atoms with Gasteiger partial charge in [-0.2, -0.15) is 5.10 Å². The van der Waals surface area contributed by atoms with Crippen molar-refractivity contribution in [2.45, 2.75) is 18.7 Å². The molecule has 3 aromatic rings. The molecule has 9 nitrogen and oxygen atoms in total. The molecule has 2 heterocycles. The molecule has 1 N–H and O–H groups in total. The first kappa shape index (κ1) is 23.3. The van der Waals surface area contributed by atoms with Gasteiger partial charge in [-0.3, -0.25) is 0 Å². The topological polar surface area (TPSA) is 99.1 Å². The molecule has 0 bridgehead atoms. The van der Waals surface area contributed by atoms with Crippen LogP contribution in [0.1, 0.15) is 45.7 Å². The molecule has 0 amide bonds. The van der Waals surface area contributed by atoms with Crippen LogP contribution in [0.15, 0.2) is 59.7 Å². The number of hydrogen-bond donors (Lipinski definition) is 1. The summed E-state index contributed by atoms with van der Waals surface area (Å²) in [6, 6.07) is 16.5. The van der Waals surface area contributed by atoms with Gasteiger partial charge in [-0.05, 0) is 30.3 Å². The Kier molecular flexibility index (Phi) is 6.05. The number of nitrogens with zero attached hydrogens (tertiary/aromatic N) is 2. The molecule has 3 aromatic carbocycles. The van der Waals surface area contributed by atoms with E-state index in [1.807, 2.05) is 47.5 Å². The molecule has 0 aromatic heterocycles. The highest BCUT2D eigenvalue weighted by atomic mass is 16.5. The van der Waals surface area contributed by atoms with Crippen LogP contribution in [-0.2, 0) is 0 Å². The van der Waals surface area contributed by atoms with Crippen LogP contribution in [-0.4, -0.2) is 50.2 Å². The van der Waals surface area contributed by atoms with E-state index < -0.39 is 12.2 Å². The average molecular weight is 491 g/mol. The summed E-state index contributed by atoms with van der Waals surface area (Å²) in [6.07, 6.45) is -0.229. The van der Waals surface area contributed by atoms with Gasteiger partial charge in [0.2, 0.25) is 6.23 Å². The summed E-state index contributed by atoms with van der Waals surface area (Å²) in [5, 5.41) is 16.9. The van der Waals surface area contributed by atoms with Gasteiger partial charge in [0.15, 0.2) is 11.5 Å². The van der Waals surface area contributed by atoms with E-state index in [-0.39, 0.29) is 17.4 Å². The van der Waals surface area contributed by atoms with Crippen LogP contribution in [0.3, 0.4) is 0 Å². The van der Waals surface area contributed by atoms with Crippen molar-refractivity contribution >= 4 is 11.7 Å². The van der Waals surface area contributed by atoms with Gasteiger partial charge in [0.1, 0.15) is 22.8 Å². The number of carbonyl (C=O) groups is 1. The van der Waals surface area contributed by atoms with Crippen LogP contribution in [0.25, 0.3) is 0 Å². The Hall–Kier alpha value is -4.40. The molecule has 2 aliphatic heterocycles. The smallest absolute Gasteiger partial charge is 0.340 e. The number of benzene rings is 3. The number of aromatic carboxylic acids is 1. The molecule has 9 heteroatoms. The predicted molar refractivity (Wildman–Crippen MR) is 132 cm³/mol. The lowest BCUT2D eigenvalue weighted by Gasteiger charge is -2.38. The summed E-state index contributed by atoms with van der Waals surface area (Å²) in [5.41, 5.74) is 2.96. The molecule has 0 fully saturated rings. The lowest BCUT2D eigenvalue weighted by atomic mass is 9.94. The first-order valence-electron chi connectivity index (χ1n) is 11.3. The highest BCUT2D eigenvalue weighted by Gasteiger charge is 2.43. The van der Waals surface area contributed by atoms with Crippen molar-refractivity contribution < 1.29 is 33.6 Å². The highest BCUT2D eigenvalue weighted by Crippen LogP contribution is 2.50. The van der Waals surface area contributed by atoms with Crippen molar-refractivity contribution in [2.75, 3.05) is 28.4 Å². The molecule has 0 aliphatic carbocycles. The number of para-hydroxylation sites is 1. The maximum Gasteiger partial charge on any atom is 0.340 e. The molecule has 0 radical (unpaired) electrons. The number of methoxy groups -OCH3 is 4. The number of carboxylic acid groups (broad SMARTS) is 1. The quantitative estimate of drug-likeness (QED) is 0.511. The van der Waals surface area contributed by atoms with Gasteiger partial charge in [0.25, 0.3) is 0 Å². The fourth-order valence-electron chi connectivity index (χ4n) is 4.81. The van der Waals surface area contributed by atoms with E-state index >= 15 is 0 Å². The van der Waals surface area contributed by atoms with Crippen LogP contribution in [0.2, 0.25) is 0 Å². The minimum atomic E-state index is -1.15. The molecule has 5 rings (SSSR count). The van der Waals surface area contributed by atoms with Crippen molar-refractivity contribution in [3.8, 4) is 28.7 Å². The van der Waals surface area contributed by atoms with Gasteiger partial charge < -0.3 is 28.8 Å². The van der Waals surface area contributed by atoms with E-state index in [4.69, 9.17) is 28.8 Å². The van der Waals surface area contributed by atoms with E-state index in [2.05, 4.69) is 0 Å². The maximum absolute atomic E-state index is 12.4. The second-order valence-corrected chi connectivity index (χ2v) is 8.29. The minimum Gasteiger partial charge on any atom is -0.497 e. The van der Waals surface area contributed by atoms with Crippen molar-refractivity contribution in [3.63, 3.8) is 0 Å². The molecule has 186 valence electrons. The Labute approximate surface area is 208 Å². The van der Waals surface area contributed by atoms with Crippen molar-refractivity contribution in [2.24, 2.45) is 5.10 Å². The molecule has 0 saturated heterocycles. The number of fused-ring (bicyclic) bond motifs is 3. The summed E-state index contributed by atoms with van der Waals surface area (Å²) in [4.78, 5) is 12.4. The summed E-state index contributed by atoms with van der Waals surface area (Å²) in [7, 11) is 6.08. The Balaban J connectivity index is 1.67. The second kappa shape index (κ2) is 9.33. The maximum atomic E-state index is 12.4. The summed E-state index contributed by atoms with van der Waals surface area (Å²) in [6.45, 7) is 0. The number of carboxylic acids is 1. The Morgan fingerprint density at radius 2 is 1.72 bits per heavy atom. The van der Waals surface area contributed by atoms with Crippen molar-refractivity contribution in [1.82, 2.24) is 5.01 Å². The lowest BCUT2D eigenvalue weighted by Crippen LogP contribution is -2.34. The Bertz CT molecular complexity index is 1350. The van der Waals surface area contributed by atoms with E-state index in [0.29, 0.717) is 35.0 Å². The molecule has 0 unspecified atom stereocenters. The molecule has 0 saturated carbocycles. The summed E-state index contributed by atoms with van der Waals surface area (Å²) in [5.74, 6) is 1.28. The number of rotatable bonds is 7. The van der Waals surface area contributed by atoms with Gasteiger partial charge >= 0.3 is 5.97 Å². The third-order valence-electron chi connectivity index (χ3n) is 6.48. The largest absolute Gasteiger partial charge is 0.497 e. The van der Waals surface area contributed by atoms with Gasteiger partial charge in [-0.15, -0.1) is 0 Å². The van der Waals surface area contributed by atoms with E-state index in [9.17, 15) is 9.90 Å². The van der Waals surface area contributed by atoms with Crippen LogP contribution in [0.4, 0.5) is 0 Å². The SMILES string of the molecule is COc1ccc(C2=NN3[C@@H](C2)c2ccccc2O[C@H]3c2ccc(OC)c(OC)c2C(=O)O)c(OC)c1. The normalized spacial score (nSPS) is 17.9. The second-order valence-electron chi connectivity index (χ2n) is 8.29. The number of hydrogen-bond acceptors (Lipinski definition) is 8. The predicted octanol–water partition coefficient (Wildman–Crippen LogP) is 4.66. The molecule has 0 spiro atoms. The summed E-state index contributed by atoms with van der Waals surface area (Å²) >= 11 is 0. The Morgan fingerprint density at radius 3 is 2.42 bits per heavy atom. The van der Waals surface area contributed by atoms with Gasteiger partial charge in [0.05, 0.1) is 40.2 Å². The lowest BCUT2D eigenvalue weighted by molar-refractivity contribution is -0.0199. The van der Waals surface area contributed by atoms with E-state index in [0.717, 1.165) is 16.8 Å². The third-order valence-corrected chi connectivity index (χ3v) is 6.48. The monoisotopic (exact) mass is 490 g/mol. The van der Waals surface area contributed by atoms with Gasteiger partial charge in [-0.25, -0.2) is 9.80 Å². The fourth-order valence-corrected chi connectivity index (χ4v) is 4.81. The van der Waals surface area contributed by atoms with Gasteiger partial charge in [-0.1, -0.05) is 18.2 Å².